The van der Waals surface area contributed by atoms with Crippen LogP contribution < -0.4 is 20.3 Å². The highest BCUT2D eigenvalue weighted by atomic mass is 16.5. The Balaban J connectivity index is 1.29. The van der Waals surface area contributed by atoms with Crippen molar-refractivity contribution in [2.45, 2.75) is 38.3 Å². The Morgan fingerprint density at radius 3 is 2.56 bits per heavy atom. The zero-order chi connectivity index (χ0) is 22.5. The van der Waals surface area contributed by atoms with Crippen LogP contribution in [0.15, 0.2) is 42.5 Å². The number of aromatic nitrogens is 2. The van der Waals surface area contributed by atoms with E-state index in [2.05, 4.69) is 16.7 Å². The molecule has 4 rings (SSSR count). The molecule has 0 aliphatic heterocycles. The van der Waals surface area contributed by atoms with Gasteiger partial charge in [0.05, 0.1) is 12.6 Å². The minimum atomic E-state index is 0.225. The molecule has 32 heavy (non-hydrogen) atoms. The molecule has 7 nitrogen and oxygen atoms in total. The van der Waals surface area contributed by atoms with Crippen molar-refractivity contribution in [3.63, 3.8) is 0 Å². The number of aromatic hydroxyl groups is 1. The van der Waals surface area contributed by atoms with Crippen LogP contribution in [0.4, 0.5) is 11.8 Å². The Labute approximate surface area is 189 Å². The SMILES string of the molecule is COc1cccc(CNC[C@H]2CC[C@@H](Nc3nc(N(C)C)c4ccccc4n3)CC2)c1O. The highest BCUT2D eigenvalue weighted by molar-refractivity contribution is 5.90. The van der Waals surface area contributed by atoms with E-state index in [9.17, 15) is 5.11 Å². The van der Waals surface area contributed by atoms with Crippen LogP contribution in [-0.4, -0.2) is 48.9 Å². The number of para-hydroxylation sites is 2. The highest BCUT2D eigenvalue weighted by Crippen LogP contribution is 2.30. The summed E-state index contributed by atoms with van der Waals surface area (Å²) in [6.07, 6.45) is 4.51. The summed E-state index contributed by atoms with van der Waals surface area (Å²) in [6.45, 7) is 1.58. The Morgan fingerprint density at radius 2 is 1.81 bits per heavy atom. The molecule has 0 unspecified atom stereocenters. The van der Waals surface area contributed by atoms with E-state index in [1.807, 2.05) is 49.3 Å². The number of rotatable bonds is 8. The molecule has 0 saturated heterocycles. The summed E-state index contributed by atoms with van der Waals surface area (Å²) in [5.41, 5.74) is 1.83. The summed E-state index contributed by atoms with van der Waals surface area (Å²) in [4.78, 5) is 11.6. The fraction of sp³-hybridized carbons (Fsp3) is 0.440. The molecule has 0 amide bonds. The molecule has 1 aromatic heterocycles. The zero-order valence-electron chi connectivity index (χ0n) is 19.1. The van der Waals surface area contributed by atoms with Crippen molar-refractivity contribution in [3.8, 4) is 11.5 Å². The second-order valence-corrected chi connectivity index (χ2v) is 8.74. The lowest BCUT2D eigenvalue weighted by molar-refractivity contribution is 0.322. The Hall–Kier alpha value is -3.06. The third-order valence-corrected chi connectivity index (χ3v) is 6.24. The Morgan fingerprint density at radius 1 is 1.03 bits per heavy atom. The lowest BCUT2D eigenvalue weighted by Gasteiger charge is -2.29. The molecule has 7 heteroatoms. The summed E-state index contributed by atoms with van der Waals surface area (Å²) in [5.74, 6) is 3.03. The molecule has 1 aliphatic rings. The number of ether oxygens (including phenoxy) is 1. The molecule has 3 N–H and O–H groups in total. The van der Waals surface area contributed by atoms with Gasteiger partial charge in [0.25, 0.3) is 0 Å². The average Bonchev–Trinajstić information content (AvgIpc) is 2.80. The highest BCUT2D eigenvalue weighted by Gasteiger charge is 2.22. The van der Waals surface area contributed by atoms with Crippen LogP contribution in [0.2, 0.25) is 0 Å². The van der Waals surface area contributed by atoms with Crippen LogP contribution in [0.25, 0.3) is 10.9 Å². The number of nitrogens with zero attached hydrogens (tertiary/aromatic N) is 3. The Kier molecular flexibility index (Phi) is 6.95. The van der Waals surface area contributed by atoms with Gasteiger partial charge in [-0.15, -0.1) is 0 Å². The third-order valence-electron chi connectivity index (χ3n) is 6.24. The molecule has 2 aromatic carbocycles. The van der Waals surface area contributed by atoms with Gasteiger partial charge < -0.3 is 25.4 Å². The number of fused-ring (bicyclic) bond motifs is 1. The summed E-state index contributed by atoms with van der Waals surface area (Å²) < 4.78 is 5.19. The maximum absolute atomic E-state index is 10.2. The maximum atomic E-state index is 10.2. The molecule has 170 valence electrons. The van der Waals surface area contributed by atoms with Gasteiger partial charge in [0, 0.05) is 37.6 Å². The monoisotopic (exact) mass is 435 g/mol. The summed E-state index contributed by atoms with van der Waals surface area (Å²) in [6, 6.07) is 14.1. The lowest BCUT2D eigenvalue weighted by Crippen LogP contribution is -2.31. The van der Waals surface area contributed by atoms with Gasteiger partial charge in [-0.2, -0.15) is 4.98 Å². The molecule has 1 saturated carbocycles. The molecule has 1 aliphatic carbocycles. The summed E-state index contributed by atoms with van der Waals surface area (Å²) >= 11 is 0. The number of hydrogen-bond donors (Lipinski definition) is 3. The van der Waals surface area contributed by atoms with Crippen LogP contribution in [0, 0.1) is 5.92 Å². The van der Waals surface area contributed by atoms with Gasteiger partial charge >= 0.3 is 0 Å². The van der Waals surface area contributed by atoms with Crippen LogP contribution in [0.5, 0.6) is 11.5 Å². The van der Waals surface area contributed by atoms with Crippen molar-refractivity contribution in [2.24, 2.45) is 5.92 Å². The first-order valence-corrected chi connectivity index (χ1v) is 11.3. The quantitative estimate of drug-likeness (QED) is 0.490. The standard InChI is InChI=1S/C25H33N5O2/c1-30(2)24-20-8-4-5-9-21(20)28-25(29-24)27-19-13-11-17(12-14-19)15-26-16-18-7-6-10-22(32-3)23(18)31/h4-10,17,19,26,31H,11-16H2,1-3H3,(H,27,28,29)/t17-,19+. The average molecular weight is 436 g/mol. The van der Waals surface area contributed by atoms with Crippen molar-refractivity contribution in [2.75, 3.05) is 38.0 Å². The van der Waals surface area contributed by atoms with Crippen LogP contribution in [-0.2, 0) is 6.54 Å². The van der Waals surface area contributed by atoms with Crippen molar-refractivity contribution in [3.05, 3.63) is 48.0 Å². The molecular formula is C25H33N5O2. The third kappa shape index (κ3) is 5.05. The number of nitrogens with one attached hydrogen (secondary N) is 2. The van der Waals surface area contributed by atoms with E-state index in [0.717, 1.165) is 54.5 Å². The van der Waals surface area contributed by atoms with Crippen LogP contribution >= 0.6 is 0 Å². The first kappa shape index (κ1) is 22.1. The molecule has 0 spiro atoms. The van der Waals surface area contributed by atoms with Crippen molar-refractivity contribution >= 4 is 22.7 Å². The molecule has 0 radical (unpaired) electrons. The molecular weight excluding hydrogens is 402 g/mol. The van der Waals surface area contributed by atoms with Gasteiger partial charge in [-0.3, -0.25) is 0 Å². The predicted octanol–water partition coefficient (Wildman–Crippen LogP) is 4.17. The fourth-order valence-corrected chi connectivity index (χ4v) is 4.44. The fourth-order valence-electron chi connectivity index (χ4n) is 4.44. The van der Waals surface area contributed by atoms with E-state index in [1.54, 1.807) is 13.2 Å². The minimum absolute atomic E-state index is 0.225. The van der Waals surface area contributed by atoms with E-state index in [4.69, 9.17) is 14.7 Å². The molecule has 3 aromatic rings. The van der Waals surface area contributed by atoms with Gasteiger partial charge in [-0.05, 0) is 56.3 Å². The first-order valence-electron chi connectivity index (χ1n) is 11.3. The second-order valence-electron chi connectivity index (χ2n) is 8.74. The van der Waals surface area contributed by atoms with Gasteiger partial charge in [-0.25, -0.2) is 4.98 Å². The topological polar surface area (TPSA) is 82.5 Å². The van der Waals surface area contributed by atoms with E-state index in [-0.39, 0.29) is 5.75 Å². The normalized spacial score (nSPS) is 18.5. The zero-order valence-corrected chi connectivity index (χ0v) is 19.1. The lowest BCUT2D eigenvalue weighted by atomic mass is 9.86. The van der Waals surface area contributed by atoms with Crippen molar-refractivity contribution < 1.29 is 9.84 Å². The van der Waals surface area contributed by atoms with E-state index in [1.165, 1.54) is 0 Å². The summed E-state index contributed by atoms with van der Waals surface area (Å²) in [5, 5.41) is 18.4. The van der Waals surface area contributed by atoms with Crippen LogP contribution in [0.1, 0.15) is 31.2 Å². The number of hydrogen-bond acceptors (Lipinski definition) is 7. The van der Waals surface area contributed by atoms with Gasteiger partial charge in [0.1, 0.15) is 5.82 Å². The molecule has 1 fully saturated rings. The predicted molar refractivity (Wildman–Crippen MR) is 130 cm³/mol. The second kappa shape index (κ2) is 10.0. The van der Waals surface area contributed by atoms with Gasteiger partial charge in [0.15, 0.2) is 11.5 Å². The number of methoxy groups -OCH3 is 1. The number of benzene rings is 2. The first-order chi connectivity index (χ1) is 15.5. The van der Waals surface area contributed by atoms with Crippen molar-refractivity contribution in [1.82, 2.24) is 15.3 Å². The molecule has 0 atom stereocenters. The molecule has 0 bridgehead atoms. The van der Waals surface area contributed by atoms with Crippen molar-refractivity contribution in [1.29, 1.82) is 0 Å². The van der Waals surface area contributed by atoms with Gasteiger partial charge in [0.2, 0.25) is 5.95 Å². The van der Waals surface area contributed by atoms with Crippen LogP contribution in [0.3, 0.4) is 0 Å². The minimum Gasteiger partial charge on any atom is -0.504 e. The maximum Gasteiger partial charge on any atom is 0.225 e. The number of phenols is 1. The van der Waals surface area contributed by atoms with E-state index < -0.39 is 0 Å². The van der Waals surface area contributed by atoms with E-state index in [0.29, 0.717) is 30.2 Å². The smallest absolute Gasteiger partial charge is 0.225 e. The van der Waals surface area contributed by atoms with Gasteiger partial charge in [-0.1, -0.05) is 24.3 Å². The Bertz CT molecular complexity index is 1050. The number of anilines is 2. The number of phenolic OH excluding ortho intramolecular Hbond substituents is 1. The molecule has 1 heterocycles. The summed E-state index contributed by atoms with van der Waals surface area (Å²) in [7, 11) is 5.60. The van der Waals surface area contributed by atoms with E-state index >= 15 is 0 Å². The largest absolute Gasteiger partial charge is 0.504 e.